The van der Waals surface area contributed by atoms with Crippen molar-refractivity contribution in [2.75, 3.05) is 0 Å². The minimum Gasteiger partial charge on any atom is -0.388 e. The van der Waals surface area contributed by atoms with Crippen molar-refractivity contribution in [1.29, 1.82) is 0 Å². The molecule has 3 heteroatoms. The molecular formula is C24H36O3. The summed E-state index contributed by atoms with van der Waals surface area (Å²) < 4.78 is 6.13. The van der Waals surface area contributed by atoms with Crippen molar-refractivity contribution < 1.29 is 14.6 Å². The minimum absolute atomic E-state index is 0.136. The molecule has 1 N–H and O–H groups in total. The molecule has 2 fully saturated rings. The van der Waals surface area contributed by atoms with E-state index >= 15 is 0 Å². The van der Waals surface area contributed by atoms with Crippen LogP contribution in [0.1, 0.15) is 79.6 Å². The number of aliphatic hydroxyl groups is 1. The van der Waals surface area contributed by atoms with Crippen LogP contribution < -0.4 is 0 Å². The van der Waals surface area contributed by atoms with Crippen LogP contribution in [-0.2, 0) is 9.53 Å². The Kier molecular flexibility index (Phi) is 4.51. The number of carbonyl (C=O) groups is 1. The highest BCUT2D eigenvalue weighted by Crippen LogP contribution is 2.66. The molecule has 0 radical (unpaired) electrons. The molecule has 1 unspecified atom stereocenters. The third kappa shape index (κ3) is 2.64. The lowest BCUT2D eigenvalue weighted by Gasteiger charge is -2.61. The van der Waals surface area contributed by atoms with E-state index < -0.39 is 5.60 Å². The molecule has 0 aromatic heterocycles. The third-order valence-corrected chi connectivity index (χ3v) is 8.67. The van der Waals surface area contributed by atoms with Crippen molar-refractivity contribution in [2.24, 2.45) is 22.7 Å². The topological polar surface area (TPSA) is 46.5 Å². The highest BCUT2D eigenvalue weighted by molar-refractivity contribution is 5.95. The smallest absolute Gasteiger partial charge is 0.156 e. The Morgan fingerprint density at radius 2 is 1.93 bits per heavy atom. The fourth-order valence-electron chi connectivity index (χ4n) is 7.20. The van der Waals surface area contributed by atoms with Crippen LogP contribution in [0.15, 0.2) is 23.3 Å². The van der Waals surface area contributed by atoms with E-state index in [9.17, 15) is 9.90 Å². The van der Waals surface area contributed by atoms with E-state index in [0.717, 1.165) is 44.1 Å². The maximum absolute atomic E-state index is 12.2. The summed E-state index contributed by atoms with van der Waals surface area (Å²) in [6.45, 7) is 10.5. The largest absolute Gasteiger partial charge is 0.388 e. The molecule has 27 heavy (non-hydrogen) atoms. The Morgan fingerprint density at radius 3 is 2.59 bits per heavy atom. The number of allylic oxidation sites excluding steroid dienone is 1. The Morgan fingerprint density at radius 1 is 1.19 bits per heavy atom. The van der Waals surface area contributed by atoms with Crippen LogP contribution in [0.5, 0.6) is 0 Å². The SMILES string of the molecule is CC(=O)C1=CC[C@@]2(O)[C@@H]3CC=C4C[C@@H](OC(C)C)CC[C@]4(C)C3CC[C@]12C. The van der Waals surface area contributed by atoms with E-state index in [4.69, 9.17) is 4.74 Å². The van der Waals surface area contributed by atoms with E-state index in [2.05, 4.69) is 33.8 Å². The van der Waals surface area contributed by atoms with E-state index in [-0.39, 0.29) is 28.6 Å². The van der Waals surface area contributed by atoms with Crippen molar-refractivity contribution in [2.45, 2.75) is 97.4 Å². The average Bonchev–Trinajstić information content (AvgIpc) is 2.86. The lowest BCUT2D eigenvalue weighted by Crippen LogP contribution is -2.60. The number of hydrogen-bond donors (Lipinski definition) is 1. The number of ether oxygens (including phenoxy) is 1. The van der Waals surface area contributed by atoms with Crippen molar-refractivity contribution >= 4 is 5.78 Å². The van der Waals surface area contributed by atoms with Crippen LogP contribution in [0.3, 0.4) is 0 Å². The van der Waals surface area contributed by atoms with Gasteiger partial charge in [0.25, 0.3) is 0 Å². The molecular weight excluding hydrogens is 336 g/mol. The molecule has 0 aromatic carbocycles. The lowest BCUT2D eigenvalue weighted by molar-refractivity contribution is -0.165. The van der Waals surface area contributed by atoms with E-state index in [1.54, 1.807) is 12.5 Å². The van der Waals surface area contributed by atoms with Gasteiger partial charge in [-0.15, -0.1) is 0 Å². The van der Waals surface area contributed by atoms with Crippen LogP contribution in [-0.4, -0.2) is 28.7 Å². The average molecular weight is 373 g/mol. The van der Waals surface area contributed by atoms with Gasteiger partial charge in [0.2, 0.25) is 0 Å². The molecule has 2 saturated carbocycles. The van der Waals surface area contributed by atoms with Crippen molar-refractivity contribution in [3.63, 3.8) is 0 Å². The predicted octanol–water partition coefficient (Wildman–Crippen LogP) is 4.98. The summed E-state index contributed by atoms with van der Waals surface area (Å²) in [5, 5.41) is 11.9. The normalized spacial score (nSPS) is 46.3. The second-order valence-corrected chi connectivity index (χ2v) is 10.3. The number of Topliss-reactive ketones (excluding diaryl/α,β-unsaturated/α-hetero) is 1. The van der Waals surface area contributed by atoms with Crippen molar-refractivity contribution in [3.05, 3.63) is 23.3 Å². The quantitative estimate of drug-likeness (QED) is 0.711. The number of hydrogen-bond acceptors (Lipinski definition) is 3. The molecule has 0 aliphatic heterocycles. The summed E-state index contributed by atoms with van der Waals surface area (Å²) in [4.78, 5) is 12.2. The van der Waals surface area contributed by atoms with Gasteiger partial charge in [0.1, 0.15) is 0 Å². The fourth-order valence-corrected chi connectivity index (χ4v) is 7.20. The zero-order valence-electron chi connectivity index (χ0n) is 17.7. The van der Waals surface area contributed by atoms with Crippen LogP contribution in [0.25, 0.3) is 0 Å². The zero-order valence-corrected chi connectivity index (χ0v) is 17.7. The van der Waals surface area contributed by atoms with Gasteiger partial charge < -0.3 is 9.84 Å². The number of fused-ring (bicyclic) bond motifs is 5. The third-order valence-electron chi connectivity index (χ3n) is 8.67. The van der Waals surface area contributed by atoms with Gasteiger partial charge in [-0.2, -0.15) is 0 Å². The highest BCUT2D eigenvalue weighted by Gasteiger charge is 2.64. The summed E-state index contributed by atoms with van der Waals surface area (Å²) in [7, 11) is 0. The van der Waals surface area contributed by atoms with Gasteiger partial charge in [-0.3, -0.25) is 4.79 Å². The molecule has 4 aliphatic rings. The van der Waals surface area contributed by atoms with Gasteiger partial charge in [-0.1, -0.05) is 31.6 Å². The van der Waals surface area contributed by atoms with Gasteiger partial charge in [0, 0.05) is 5.41 Å². The monoisotopic (exact) mass is 372 g/mol. The maximum Gasteiger partial charge on any atom is 0.156 e. The molecule has 0 amide bonds. The summed E-state index contributed by atoms with van der Waals surface area (Å²) >= 11 is 0. The minimum atomic E-state index is -0.771. The first-order valence-electron chi connectivity index (χ1n) is 10.9. The number of ketones is 1. The Balaban J connectivity index is 1.64. The molecule has 0 saturated heterocycles. The molecule has 150 valence electrons. The number of rotatable bonds is 3. The molecule has 0 bridgehead atoms. The van der Waals surface area contributed by atoms with E-state index in [1.807, 2.05) is 6.08 Å². The van der Waals surface area contributed by atoms with Crippen molar-refractivity contribution in [3.8, 4) is 0 Å². The Labute approximate surface area is 164 Å². The number of carbonyl (C=O) groups excluding carboxylic acids is 1. The highest BCUT2D eigenvalue weighted by atomic mass is 16.5. The molecule has 0 aromatic rings. The van der Waals surface area contributed by atoms with E-state index in [1.165, 1.54) is 0 Å². The molecule has 3 nitrogen and oxygen atoms in total. The summed E-state index contributed by atoms with van der Waals surface area (Å²) in [5.41, 5.74) is 1.46. The van der Waals surface area contributed by atoms with Crippen LogP contribution in [0, 0.1) is 22.7 Å². The van der Waals surface area contributed by atoms with Gasteiger partial charge in [-0.25, -0.2) is 0 Å². The predicted molar refractivity (Wildman–Crippen MR) is 107 cm³/mol. The second-order valence-electron chi connectivity index (χ2n) is 10.3. The molecule has 4 aliphatic carbocycles. The van der Waals surface area contributed by atoms with Gasteiger partial charge in [0.05, 0.1) is 17.8 Å². The van der Waals surface area contributed by atoms with Crippen LogP contribution >= 0.6 is 0 Å². The summed E-state index contributed by atoms with van der Waals surface area (Å²) in [6, 6.07) is 0. The van der Waals surface area contributed by atoms with Crippen LogP contribution in [0.4, 0.5) is 0 Å². The first-order chi connectivity index (χ1) is 12.6. The Hall–Kier alpha value is -0.930. The fraction of sp³-hybridized carbons (Fsp3) is 0.792. The maximum atomic E-state index is 12.2. The molecule has 0 spiro atoms. The lowest BCUT2D eigenvalue weighted by atomic mass is 9.45. The molecule has 4 rings (SSSR count). The van der Waals surface area contributed by atoms with Gasteiger partial charge in [0.15, 0.2) is 5.78 Å². The summed E-state index contributed by atoms with van der Waals surface area (Å²) in [5.74, 6) is 0.896. The second kappa shape index (κ2) is 6.29. The van der Waals surface area contributed by atoms with Gasteiger partial charge >= 0.3 is 0 Å². The van der Waals surface area contributed by atoms with Crippen LogP contribution in [0.2, 0.25) is 0 Å². The zero-order chi connectivity index (χ0) is 19.6. The van der Waals surface area contributed by atoms with Gasteiger partial charge in [-0.05, 0) is 88.5 Å². The summed E-state index contributed by atoms with van der Waals surface area (Å²) in [6.07, 6.45) is 12.0. The first-order valence-corrected chi connectivity index (χ1v) is 10.9. The molecule has 6 atom stereocenters. The Bertz CT molecular complexity index is 704. The standard InChI is InChI=1S/C24H36O3/c1-15(2)27-18-8-11-22(4)17(14-18)6-7-21-20(22)9-12-23(5)19(16(3)25)10-13-24(21,23)26/h6,10,15,18,20-21,26H,7-9,11-14H2,1-5H3/t18-,20?,21+,22-,23+,24+/m0/s1. The van der Waals surface area contributed by atoms with E-state index in [0.29, 0.717) is 18.4 Å². The molecule has 0 heterocycles. The first kappa shape index (κ1) is 19.4. The van der Waals surface area contributed by atoms with Crippen molar-refractivity contribution in [1.82, 2.24) is 0 Å².